The van der Waals surface area contributed by atoms with Crippen LogP contribution in [0.2, 0.25) is 0 Å². The number of nitrogens with one attached hydrogen (secondary N) is 1. The SMILES string of the molecule is C=CC1CCN(C(=O)NCCc2cccc(OC)c2)C1. The van der Waals surface area contributed by atoms with Crippen molar-refractivity contribution in [3.8, 4) is 5.75 Å². The smallest absolute Gasteiger partial charge is 0.317 e. The largest absolute Gasteiger partial charge is 0.497 e. The first-order valence-corrected chi connectivity index (χ1v) is 7.01. The Balaban J connectivity index is 1.75. The van der Waals surface area contributed by atoms with Gasteiger partial charge in [-0.25, -0.2) is 4.79 Å². The molecule has 0 aliphatic carbocycles. The number of nitrogens with zero attached hydrogens (tertiary/aromatic N) is 1. The highest BCUT2D eigenvalue weighted by atomic mass is 16.5. The molecule has 4 nitrogen and oxygen atoms in total. The van der Waals surface area contributed by atoms with Crippen LogP contribution in [-0.2, 0) is 6.42 Å². The van der Waals surface area contributed by atoms with E-state index in [1.165, 1.54) is 0 Å². The number of carbonyl (C=O) groups excluding carboxylic acids is 1. The van der Waals surface area contributed by atoms with Crippen molar-refractivity contribution in [2.45, 2.75) is 12.8 Å². The lowest BCUT2D eigenvalue weighted by atomic mass is 10.1. The van der Waals surface area contributed by atoms with Crippen molar-refractivity contribution in [3.05, 3.63) is 42.5 Å². The van der Waals surface area contributed by atoms with E-state index in [0.29, 0.717) is 12.5 Å². The number of methoxy groups -OCH3 is 1. The summed E-state index contributed by atoms with van der Waals surface area (Å²) in [6, 6.07) is 7.94. The fourth-order valence-electron chi connectivity index (χ4n) is 2.42. The maximum atomic E-state index is 12.0. The van der Waals surface area contributed by atoms with E-state index in [2.05, 4.69) is 11.9 Å². The number of carbonyl (C=O) groups is 1. The highest BCUT2D eigenvalue weighted by molar-refractivity contribution is 5.74. The molecule has 2 amide bonds. The van der Waals surface area contributed by atoms with Crippen molar-refractivity contribution >= 4 is 6.03 Å². The summed E-state index contributed by atoms with van der Waals surface area (Å²) in [5.41, 5.74) is 1.16. The molecule has 0 bridgehead atoms. The normalized spacial score (nSPS) is 17.9. The zero-order valence-electron chi connectivity index (χ0n) is 12.0. The van der Waals surface area contributed by atoms with Crippen molar-refractivity contribution in [3.63, 3.8) is 0 Å². The third kappa shape index (κ3) is 3.76. The molecule has 1 fully saturated rings. The van der Waals surface area contributed by atoms with E-state index in [1.807, 2.05) is 35.2 Å². The van der Waals surface area contributed by atoms with Crippen LogP contribution >= 0.6 is 0 Å². The van der Waals surface area contributed by atoms with Gasteiger partial charge in [0, 0.05) is 19.6 Å². The molecule has 108 valence electrons. The Morgan fingerprint density at radius 2 is 2.45 bits per heavy atom. The molecule has 1 unspecified atom stereocenters. The molecule has 0 spiro atoms. The monoisotopic (exact) mass is 274 g/mol. The molecule has 20 heavy (non-hydrogen) atoms. The highest BCUT2D eigenvalue weighted by Crippen LogP contribution is 2.16. The maximum absolute atomic E-state index is 12.0. The third-order valence-electron chi connectivity index (χ3n) is 3.67. The van der Waals surface area contributed by atoms with Crippen molar-refractivity contribution in [1.82, 2.24) is 10.2 Å². The Kier molecular flexibility index (Phi) is 5.04. The van der Waals surface area contributed by atoms with Crippen LogP contribution in [0.15, 0.2) is 36.9 Å². The minimum atomic E-state index is 0.0252. The van der Waals surface area contributed by atoms with Gasteiger partial charge in [0.1, 0.15) is 5.75 Å². The van der Waals surface area contributed by atoms with Crippen LogP contribution in [0.1, 0.15) is 12.0 Å². The van der Waals surface area contributed by atoms with Crippen LogP contribution in [0, 0.1) is 5.92 Å². The summed E-state index contributed by atoms with van der Waals surface area (Å²) < 4.78 is 5.18. The molecule has 0 aromatic heterocycles. The van der Waals surface area contributed by atoms with E-state index in [1.54, 1.807) is 7.11 Å². The number of hydrogen-bond donors (Lipinski definition) is 1. The van der Waals surface area contributed by atoms with Gasteiger partial charge < -0.3 is 15.0 Å². The minimum Gasteiger partial charge on any atom is -0.497 e. The molecule has 1 aliphatic rings. The van der Waals surface area contributed by atoms with E-state index in [9.17, 15) is 4.79 Å². The molecule has 4 heteroatoms. The van der Waals surface area contributed by atoms with E-state index in [-0.39, 0.29) is 6.03 Å². The average Bonchev–Trinajstić information content (AvgIpc) is 2.96. The molecule has 0 saturated carbocycles. The highest BCUT2D eigenvalue weighted by Gasteiger charge is 2.23. The van der Waals surface area contributed by atoms with Gasteiger partial charge in [-0.15, -0.1) is 6.58 Å². The van der Waals surface area contributed by atoms with Crippen LogP contribution < -0.4 is 10.1 Å². The maximum Gasteiger partial charge on any atom is 0.317 e. The Labute approximate surface area is 120 Å². The van der Waals surface area contributed by atoms with E-state index >= 15 is 0 Å². The van der Waals surface area contributed by atoms with Gasteiger partial charge >= 0.3 is 6.03 Å². The van der Waals surface area contributed by atoms with Gasteiger partial charge in [-0.3, -0.25) is 0 Å². The van der Waals surface area contributed by atoms with Crippen molar-refractivity contribution in [2.24, 2.45) is 5.92 Å². The van der Waals surface area contributed by atoms with Gasteiger partial charge in [-0.2, -0.15) is 0 Å². The van der Waals surface area contributed by atoms with Crippen molar-refractivity contribution in [2.75, 3.05) is 26.7 Å². The molecule has 1 aromatic carbocycles. The van der Waals surface area contributed by atoms with E-state index in [4.69, 9.17) is 4.74 Å². The first-order valence-electron chi connectivity index (χ1n) is 7.01. The average molecular weight is 274 g/mol. The Morgan fingerprint density at radius 1 is 1.60 bits per heavy atom. The minimum absolute atomic E-state index is 0.0252. The fourth-order valence-corrected chi connectivity index (χ4v) is 2.42. The van der Waals surface area contributed by atoms with Crippen molar-refractivity contribution in [1.29, 1.82) is 0 Å². The second-order valence-electron chi connectivity index (χ2n) is 5.06. The third-order valence-corrected chi connectivity index (χ3v) is 3.67. The molecule has 0 radical (unpaired) electrons. The lowest BCUT2D eigenvalue weighted by molar-refractivity contribution is 0.208. The topological polar surface area (TPSA) is 41.6 Å². The Hall–Kier alpha value is -1.97. The number of ether oxygens (including phenoxy) is 1. The summed E-state index contributed by atoms with van der Waals surface area (Å²) in [6.45, 7) is 6.03. The summed E-state index contributed by atoms with van der Waals surface area (Å²) in [4.78, 5) is 13.8. The molecule has 1 heterocycles. The number of hydrogen-bond acceptors (Lipinski definition) is 2. The summed E-state index contributed by atoms with van der Waals surface area (Å²) in [5, 5.41) is 2.97. The van der Waals surface area contributed by atoms with Crippen LogP contribution in [0.5, 0.6) is 5.75 Å². The zero-order valence-corrected chi connectivity index (χ0v) is 12.0. The molecule has 1 atom stereocenters. The summed E-state index contributed by atoms with van der Waals surface area (Å²) in [5.74, 6) is 1.29. The lowest BCUT2D eigenvalue weighted by Crippen LogP contribution is -2.39. The predicted octanol–water partition coefficient (Wildman–Crippen LogP) is 2.46. The Morgan fingerprint density at radius 3 is 3.15 bits per heavy atom. The van der Waals surface area contributed by atoms with Crippen molar-refractivity contribution < 1.29 is 9.53 Å². The second-order valence-corrected chi connectivity index (χ2v) is 5.06. The van der Waals surface area contributed by atoms with Crippen LogP contribution in [0.4, 0.5) is 4.79 Å². The number of benzene rings is 1. The van der Waals surface area contributed by atoms with Gasteiger partial charge in [0.15, 0.2) is 0 Å². The first-order chi connectivity index (χ1) is 9.72. The fraction of sp³-hybridized carbons (Fsp3) is 0.438. The van der Waals surface area contributed by atoms with Gasteiger partial charge in [-0.05, 0) is 36.5 Å². The molecular weight excluding hydrogens is 252 g/mol. The molecule has 1 aromatic rings. The number of urea groups is 1. The Bertz CT molecular complexity index is 473. The van der Waals surface area contributed by atoms with Gasteiger partial charge in [0.05, 0.1) is 7.11 Å². The van der Waals surface area contributed by atoms with Gasteiger partial charge in [0.25, 0.3) is 0 Å². The molecular formula is C16H22N2O2. The number of amides is 2. The number of rotatable bonds is 5. The number of likely N-dealkylation sites (tertiary alicyclic amines) is 1. The molecule has 1 N–H and O–H groups in total. The van der Waals surface area contributed by atoms with Gasteiger partial charge in [-0.1, -0.05) is 18.2 Å². The molecule has 1 aliphatic heterocycles. The van der Waals surface area contributed by atoms with Crippen LogP contribution in [0.3, 0.4) is 0 Å². The van der Waals surface area contributed by atoms with Crippen LogP contribution in [-0.4, -0.2) is 37.7 Å². The lowest BCUT2D eigenvalue weighted by Gasteiger charge is -2.16. The van der Waals surface area contributed by atoms with Crippen LogP contribution in [0.25, 0.3) is 0 Å². The predicted molar refractivity (Wildman–Crippen MR) is 80.0 cm³/mol. The standard InChI is InChI=1S/C16H22N2O2/c1-3-13-8-10-18(12-13)16(19)17-9-7-14-5-4-6-15(11-14)20-2/h3-6,11,13H,1,7-10,12H2,2H3,(H,17,19). The molecule has 2 rings (SSSR count). The van der Waals surface area contributed by atoms with Gasteiger partial charge in [0.2, 0.25) is 0 Å². The van der Waals surface area contributed by atoms with E-state index in [0.717, 1.165) is 37.2 Å². The van der Waals surface area contributed by atoms with E-state index < -0.39 is 0 Å². The quantitative estimate of drug-likeness (QED) is 0.838. The summed E-state index contributed by atoms with van der Waals surface area (Å²) >= 11 is 0. The molecule has 1 saturated heterocycles. The summed E-state index contributed by atoms with van der Waals surface area (Å²) in [6.07, 6.45) is 3.76. The zero-order chi connectivity index (χ0) is 14.4. The summed E-state index contributed by atoms with van der Waals surface area (Å²) in [7, 11) is 1.66. The second kappa shape index (κ2) is 6.98. The first kappa shape index (κ1) is 14.4.